The molecule has 0 unspecified atom stereocenters. The molecule has 1 aromatic rings. The Kier molecular flexibility index (Phi) is 5.58. The predicted octanol–water partition coefficient (Wildman–Crippen LogP) is 2.06. The SMILES string of the molecule is Cc1cccc(NC(=O)N2CCN(C(=O)[C@H]3CCN[C@@H](C)C3)CC2)c1. The highest BCUT2D eigenvalue weighted by molar-refractivity contribution is 5.89. The van der Waals surface area contributed by atoms with Crippen LogP contribution in [-0.4, -0.2) is 60.5 Å². The highest BCUT2D eigenvalue weighted by Crippen LogP contribution is 2.20. The molecular weight excluding hydrogens is 316 g/mol. The first-order valence-corrected chi connectivity index (χ1v) is 9.17. The van der Waals surface area contributed by atoms with Gasteiger partial charge in [-0.2, -0.15) is 0 Å². The van der Waals surface area contributed by atoms with E-state index in [0.717, 1.165) is 30.6 Å². The van der Waals surface area contributed by atoms with Crippen LogP contribution < -0.4 is 10.6 Å². The Morgan fingerprint density at radius 1 is 1.16 bits per heavy atom. The van der Waals surface area contributed by atoms with E-state index in [1.54, 1.807) is 4.90 Å². The highest BCUT2D eigenvalue weighted by Gasteiger charge is 2.31. The van der Waals surface area contributed by atoms with Gasteiger partial charge in [-0.05, 0) is 50.9 Å². The van der Waals surface area contributed by atoms with Crippen molar-refractivity contribution >= 4 is 17.6 Å². The molecular formula is C19H28N4O2. The molecule has 6 nitrogen and oxygen atoms in total. The van der Waals surface area contributed by atoms with Crippen molar-refractivity contribution in [2.45, 2.75) is 32.7 Å². The van der Waals surface area contributed by atoms with Crippen LogP contribution in [0.2, 0.25) is 0 Å². The van der Waals surface area contributed by atoms with E-state index in [-0.39, 0.29) is 17.9 Å². The normalized spacial score (nSPS) is 24.1. The van der Waals surface area contributed by atoms with Crippen molar-refractivity contribution in [2.24, 2.45) is 5.92 Å². The van der Waals surface area contributed by atoms with Gasteiger partial charge in [-0.25, -0.2) is 4.79 Å². The fourth-order valence-corrected chi connectivity index (χ4v) is 3.67. The number of rotatable bonds is 2. The van der Waals surface area contributed by atoms with Crippen LogP contribution in [0.25, 0.3) is 0 Å². The molecule has 2 fully saturated rings. The molecule has 2 heterocycles. The van der Waals surface area contributed by atoms with Gasteiger partial charge in [0.2, 0.25) is 5.91 Å². The first kappa shape index (κ1) is 17.7. The highest BCUT2D eigenvalue weighted by atomic mass is 16.2. The van der Waals surface area contributed by atoms with Crippen LogP contribution in [0, 0.1) is 12.8 Å². The Balaban J connectivity index is 1.49. The lowest BCUT2D eigenvalue weighted by Crippen LogP contribution is -2.54. The van der Waals surface area contributed by atoms with E-state index in [2.05, 4.69) is 17.6 Å². The number of piperazine rings is 1. The minimum atomic E-state index is -0.0896. The summed E-state index contributed by atoms with van der Waals surface area (Å²) >= 11 is 0. The van der Waals surface area contributed by atoms with Gasteiger partial charge in [0, 0.05) is 43.8 Å². The monoisotopic (exact) mass is 344 g/mol. The number of benzene rings is 1. The molecule has 136 valence electrons. The summed E-state index contributed by atoms with van der Waals surface area (Å²) in [5.41, 5.74) is 1.93. The van der Waals surface area contributed by atoms with Gasteiger partial charge < -0.3 is 20.4 Å². The standard InChI is InChI=1S/C19H28N4O2/c1-14-4-3-5-17(12-14)21-19(25)23-10-8-22(9-11-23)18(24)16-6-7-20-15(2)13-16/h3-5,12,15-16,20H,6-11,13H2,1-2H3,(H,21,25)/t15-,16-/m0/s1. The molecule has 2 aliphatic rings. The molecule has 2 aliphatic heterocycles. The van der Waals surface area contributed by atoms with Gasteiger partial charge in [-0.15, -0.1) is 0 Å². The second-order valence-corrected chi connectivity index (χ2v) is 7.19. The second kappa shape index (κ2) is 7.87. The molecule has 2 N–H and O–H groups in total. The number of carbonyl (C=O) groups excluding carboxylic acids is 2. The van der Waals surface area contributed by atoms with Crippen molar-refractivity contribution in [2.75, 3.05) is 38.0 Å². The molecule has 0 spiro atoms. The third-order valence-electron chi connectivity index (χ3n) is 5.12. The summed E-state index contributed by atoms with van der Waals surface area (Å²) in [6, 6.07) is 8.10. The van der Waals surface area contributed by atoms with E-state index < -0.39 is 0 Å². The largest absolute Gasteiger partial charge is 0.339 e. The Morgan fingerprint density at radius 3 is 2.56 bits per heavy atom. The van der Waals surface area contributed by atoms with Gasteiger partial charge in [-0.1, -0.05) is 12.1 Å². The zero-order valence-electron chi connectivity index (χ0n) is 15.1. The lowest BCUT2D eigenvalue weighted by Gasteiger charge is -2.38. The van der Waals surface area contributed by atoms with Gasteiger partial charge in [0.1, 0.15) is 0 Å². The molecule has 0 bridgehead atoms. The quantitative estimate of drug-likeness (QED) is 0.863. The van der Waals surface area contributed by atoms with E-state index in [1.165, 1.54) is 0 Å². The number of piperidine rings is 1. The van der Waals surface area contributed by atoms with Gasteiger partial charge in [0.05, 0.1) is 0 Å². The van der Waals surface area contributed by atoms with Crippen LogP contribution in [0.4, 0.5) is 10.5 Å². The molecule has 3 rings (SSSR count). The molecule has 0 aromatic heterocycles. The molecule has 0 aliphatic carbocycles. The lowest BCUT2D eigenvalue weighted by molar-refractivity contribution is -0.138. The third kappa shape index (κ3) is 4.51. The van der Waals surface area contributed by atoms with Gasteiger partial charge in [-0.3, -0.25) is 4.79 Å². The Labute approximate surface area is 149 Å². The van der Waals surface area contributed by atoms with E-state index in [1.807, 2.05) is 36.1 Å². The predicted molar refractivity (Wildman–Crippen MR) is 98.5 cm³/mol. The number of hydrogen-bond donors (Lipinski definition) is 2. The average molecular weight is 344 g/mol. The molecule has 2 atom stereocenters. The summed E-state index contributed by atoms with van der Waals surface area (Å²) in [5, 5.41) is 6.33. The molecule has 3 amide bonds. The zero-order chi connectivity index (χ0) is 17.8. The molecule has 2 saturated heterocycles. The van der Waals surface area contributed by atoms with Crippen molar-refractivity contribution in [3.8, 4) is 0 Å². The van der Waals surface area contributed by atoms with Crippen LogP contribution in [0.5, 0.6) is 0 Å². The molecule has 0 saturated carbocycles. The first-order chi connectivity index (χ1) is 12.0. The number of hydrogen-bond acceptors (Lipinski definition) is 3. The summed E-state index contributed by atoms with van der Waals surface area (Å²) in [7, 11) is 0. The number of amides is 3. The van der Waals surface area contributed by atoms with Gasteiger partial charge >= 0.3 is 6.03 Å². The number of urea groups is 1. The van der Waals surface area contributed by atoms with Crippen LogP contribution >= 0.6 is 0 Å². The first-order valence-electron chi connectivity index (χ1n) is 9.17. The summed E-state index contributed by atoms with van der Waals surface area (Å²) in [6.45, 7) is 7.47. The minimum absolute atomic E-state index is 0.0896. The topological polar surface area (TPSA) is 64.7 Å². The maximum Gasteiger partial charge on any atom is 0.321 e. The smallest absolute Gasteiger partial charge is 0.321 e. The maximum absolute atomic E-state index is 12.7. The van der Waals surface area contributed by atoms with Crippen molar-refractivity contribution in [3.05, 3.63) is 29.8 Å². The fraction of sp³-hybridized carbons (Fsp3) is 0.579. The van der Waals surface area contributed by atoms with Crippen molar-refractivity contribution < 1.29 is 9.59 Å². The van der Waals surface area contributed by atoms with E-state index in [0.29, 0.717) is 32.2 Å². The summed E-state index contributed by atoms with van der Waals surface area (Å²) in [5.74, 6) is 0.385. The fourth-order valence-electron chi connectivity index (χ4n) is 3.67. The Morgan fingerprint density at radius 2 is 1.88 bits per heavy atom. The van der Waals surface area contributed by atoms with Crippen molar-refractivity contribution in [1.29, 1.82) is 0 Å². The van der Waals surface area contributed by atoms with Gasteiger partial charge in [0.15, 0.2) is 0 Å². The summed E-state index contributed by atoms with van der Waals surface area (Å²) in [6.07, 6.45) is 1.82. The second-order valence-electron chi connectivity index (χ2n) is 7.19. The zero-order valence-corrected chi connectivity index (χ0v) is 15.1. The molecule has 25 heavy (non-hydrogen) atoms. The number of carbonyl (C=O) groups is 2. The van der Waals surface area contributed by atoms with Gasteiger partial charge in [0.25, 0.3) is 0 Å². The van der Waals surface area contributed by atoms with E-state index in [4.69, 9.17) is 0 Å². The number of anilines is 1. The van der Waals surface area contributed by atoms with Crippen molar-refractivity contribution in [1.82, 2.24) is 15.1 Å². The van der Waals surface area contributed by atoms with E-state index in [9.17, 15) is 9.59 Å². The van der Waals surface area contributed by atoms with E-state index >= 15 is 0 Å². The number of nitrogens with one attached hydrogen (secondary N) is 2. The summed E-state index contributed by atoms with van der Waals surface area (Å²) in [4.78, 5) is 28.8. The lowest BCUT2D eigenvalue weighted by atomic mass is 9.92. The molecule has 6 heteroatoms. The van der Waals surface area contributed by atoms with Crippen LogP contribution in [0.15, 0.2) is 24.3 Å². The molecule has 0 radical (unpaired) electrons. The van der Waals surface area contributed by atoms with Crippen LogP contribution in [0.1, 0.15) is 25.3 Å². The van der Waals surface area contributed by atoms with Crippen molar-refractivity contribution in [3.63, 3.8) is 0 Å². The average Bonchev–Trinajstić information content (AvgIpc) is 2.61. The number of aryl methyl sites for hydroxylation is 1. The molecule has 1 aromatic carbocycles. The van der Waals surface area contributed by atoms with Crippen LogP contribution in [0.3, 0.4) is 0 Å². The summed E-state index contributed by atoms with van der Waals surface area (Å²) < 4.78 is 0. The third-order valence-corrected chi connectivity index (χ3v) is 5.12. The minimum Gasteiger partial charge on any atom is -0.339 e. The van der Waals surface area contributed by atoms with Crippen LogP contribution in [-0.2, 0) is 4.79 Å². The Bertz CT molecular complexity index is 626. The maximum atomic E-state index is 12.7. The Hall–Kier alpha value is -2.08. The number of nitrogens with zero attached hydrogens (tertiary/aromatic N) is 2.